The van der Waals surface area contributed by atoms with Crippen LogP contribution in [-0.2, 0) is 11.3 Å². The summed E-state index contributed by atoms with van der Waals surface area (Å²) in [5, 5.41) is 5.31. The second-order valence-corrected chi connectivity index (χ2v) is 8.98. The number of aromatic nitrogens is 3. The lowest BCUT2D eigenvalue weighted by Crippen LogP contribution is -2.42. The first-order valence-electron chi connectivity index (χ1n) is 10.4. The normalized spacial score (nSPS) is 24.8. The van der Waals surface area contributed by atoms with Crippen molar-refractivity contribution in [3.8, 4) is 11.5 Å². The number of amides is 1. The predicted octanol–water partition coefficient (Wildman–Crippen LogP) is 4.63. The number of hydrogen-bond donors (Lipinski definition) is 1. The molecule has 28 heavy (non-hydrogen) atoms. The number of fused-ring (bicyclic) bond motifs is 2. The molecule has 0 saturated heterocycles. The number of hydrogen-bond acceptors (Lipinski definition) is 4. The van der Waals surface area contributed by atoms with Crippen LogP contribution in [0.4, 0.5) is 0 Å². The van der Waals surface area contributed by atoms with Crippen LogP contribution in [0.5, 0.6) is 0 Å². The molecule has 3 aromatic rings. The van der Waals surface area contributed by atoms with Crippen LogP contribution in [0.2, 0.25) is 0 Å². The van der Waals surface area contributed by atoms with Gasteiger partial charge in [0.1, 0.15) is 12.2 Å². The van der Waals surface area contributed by atoms with Crippen molar-refractivity contribution in [2.24, 2.45) is 11.8 Å². The van der Waals surface area contributed by atoms with Crippen molar-refractivity contribution in [3.05, 3.63) is 35.2 Å². The van der Waals surface area contributed by atoms with E-state index in [-0.39, 0.29) is 12.5 Å². The molecule has 0 spiro atoms. The van der Waals surface area contributed by atoms with Crippen molar-refractivity contribution in [3.63, 3.8) is 0 Å². The molecule has 2 aromatic heterocycles. The Morgan fingerprint density at radius 2 is 2.00 bits per heavy atom. The van der Waals surface area contributed by atoms with Crippen molar-refractivity contribution in [2.75, 3.05) is 0 Å². The summed E-state index contributed by atoms with van der Waals surface area (Å²) in [6.07, 6.45) is 9.04. The Labute approximate surface area is 169 Å². The number of rotatable bonds is 4. The molecular formula is C22H26N4OS. The highest BCUT2D eigenvalue weighted by atomic mass is 32.1. The second-order valence-electron chi connectivity index (χ2n) is 8.27. The maximum Gasteiger partial charge on any atom is 0.240 e. The van der Waals surface area contributed by atoms with Crippen molar-refractivity contribution >= 4 is 28.3 Å². The second kappa shape index (κ2) is 7.66. The van der Waals surface area contributed by atoms with Crippen LogP contribution in [0.15, 0.2) is 35.2 Å². The van der Waals surface area contributed by atoms with Gasteiger partial charge in [0, 0.05) is 11.4 Å². The summed E-state index contributed by atoms with van der Waals surface area (Å²) in [5.74, 6) is 2.57. The maximum atomic E-state index is 12.9. The molecule has 2 fully saturated rings. The number of nitrogens with zero attached hydrogens (tertiary/aromatic N) is 3. The topological polar surface area (TPSA) is 59.8 Å². The third kappa shape index (κ3) is 3.46. The SMILES string of the molecule is O=C(Cn1c(-c2cscn2)nc2ccccc21)N[C@@H]1CC[C@H]2CCCC[C@H]2C1. The molecule has 146 valence electrons. The van der Waals surface area contributed by atoms with Gasteiger partial charge >= 0.3 is 0 Å². The fourth-order valence-electron chi connectivity index (χ4n) is 5.18. The molecule has 2 heterocycles. The van der Waals surface area contributed by atoms with Gasteiger partial charge in [-0.1, -0.05) is 37.8 Å². The molecule has 0 bridgehead atoms. The van der Waals surface area contributed by atoms with Gasteiger partial charge in [-0.15, -0.1) is 11.3 Å². The molecule has 2 aliphatic carbocycles. The Hall–Kier alpha value is -2.21. The van der Waals surface area contributed by atoms with Gasteiger partial charge in [0.15, 0.2) is 5.82 Å². The minimum Gasteiger partial charge on any atom is -0.352 e. The van der Waals surface area contributed by atoms with E-state index in [1.54, 1.807) is 11.3 Å². The number of para-hydroxylation sites is 2. The molecule has 5 nitrogen and oxygen atoms in total. The molecule has 6 heteroatoms. The zero-order valence-electron chi connectivity index (χ0n) is 16.0. The summed E-state index contributed by atoms with van der Waals surface area (Å²) in [5.41, 5.74) is 4.52. The van der Waals surface area contributed by atoms with Gasteiger partial charge in [-0.25, -0.2) is 9.97 Å². The minimum atomic E-state index is 0.0823. The Kier molecular flexibility index (Phi) is 4.89. The highest BCUT2D eigenvalue weighted by Gasteiger charge is 2.32. The van der Waals surface area contributed by atoms with Gasteiger partial charge < -0.3 is 9.88 Å². The molecule has 1 amide bonds. The number of thiazole rings is 1. The maximum absolute atomic E-state index is 12.9. The first-order valence-corrected chi connectivity index (χ1v) is 11.4. The monoisotopic (exact) mass is 394 g/mol. The molecule has 1 N–H and O–H groups in total. The number of imidazole rings is 1. The van der Waals surface area contributed by atoms with Crippen molar-refractivity contribution < 1.29 is 4.79 Å². The standard InChI is InChI=1S/C22H26N4OS/c27-21(24-17-10-9-15-5-1-2-6-16(15)11-17)12-26-20-8-4-3-7-18(20)25-22(26)19-13-28-14-23-19/h3-4,7-8,13-17H,1-2,5-6,9-12H2,(H,24,27)/t15-,16+,17-/m1/s1. The first kappa shape index (κ1) is 17.9. The summed E-state index contributed by atoms with van der Waals surface area (Å²) in [6.45, 7) is 0.290. The van der Waals surface area contributed by atoms with Crippen LogP contribution >= 0.6 is 11.3 Å². The average Bonchev–Trinajstić information content (AvgIpc) is 3.36. The minimum absolute atomic E-state index is 0.0823. The molecule has 2 aliphatic rings. The zero-order valence-corrected chi connectivity index (χ0v) is 16.8. The molecule has 5 rings (SSSR count). The summed E-state index contributed by atoms with van der Waals surface area (Å²) in [6, 6.07) is 8.31. The van der Waals surface area contributed by atoms with E-state index in [1.165, 1.54) is 32.1 Å². The van der Waals surface area contributed by atoms with Gasteiger partial charge in [0.05, 0.1) is 16.5 Å². The Bertz CT molecular complexity index is 964. The lowest BCUT2D eigenvalue weighted by atomic mass is 9.69. The van der Waals surface area contributed by atoms with Crippen LogP contribution in [0.25, 0.3) is 22.6 Å². The lowest BCUT2D eigenvalue weighted by molar-refractivity contribution is -0.122. The number of carbonyl (C=O) groups excluding carboxylic acids is 1. The zero-order chi connectivity index (χ0) is 18.9. The van der Waals surface area contributed by atoms with E-state index < -0.39 is 0 Å². The first-order chi connectivity index (χ1) is 13.8. The van der Waals surface area contributed by atoms with Gasteiger partial charge in [-0.3, -0.25) is 4.79 Å². The number of carbonyl (C=O) groups is 1. The molecule has 1 aromatic carbocycles. The fraction of sp³-hybridized carbons (Fsp3) is 0.500. The van der Waals surface area contributed by atoms with Crippen LogP contribution in [0.3, 0.4) is 0 Å². The quantitative estimate of drug-likeness (QED) is 0.701. The number of nitrogens with one attached hydrogen (secondary N) is 1. The van der Waals surface area contributed by atoms with E-state index in [9.17, 15) is 4.79 Å². The van der Waals surface area contributed by atoms with Gasteiger partial charge in [0.2, 0.25) is 5.91 Å². The fourth-order valence-corrected chi connectivity index (χ4v) is 5.71. The average molecular weight is 395 g/mol. The third-order valence-corrected chi connectivity index (χ3v) is 7.11. The lowest BCUT2D eigenvalue weighted by Gasteiger charge is -2.39. The summed E-state index contributed by atoms with van der Waals surface area (Å²) in [4.78, 5) is 22.1. The predicted molar refractivity (Wildman–Crippen MR) is 112 cm³/mol. The summed E-state index contributed by atoms with van der Waals surface area (Å²) < 4.78 is 2.01. The summed E-state index contributed by atoms with van der Waals surface area (Å²) >= 11 is 1.55. The van der Waals surface area contributed by atoms with Crippen LogP contribution in [0.1, 0.15) is 44.9 Å². The van der Waals surface area contributed by atoms with Crippen molar-refractivity contribution in [1.29, 1.82) is 0 Å². The van der Waals surface area contributed by atoms with Crippen LogP contribution in [-0.4, -0.2) is 26.5 Å². The molecule has 0 radical (unpaired) electrons. The highest BCUT2D eigenvalue weighted by molar-refractivity contribution is 7.07. The van der Waals surface area contributed by atoms with E-state index in [4.69, 9.17) is 4.98 Å². The Morgan fingerprint density at radius 1 is 1.14 bits per heavy atom. The van der Waals surface area contributed by atoms with Gasteiger partial charge in [0.25, 0.3) is 0 Å². The van der Waals surface area contributed by atoms with Crippen LogP contribution < -0.4 is 5.32 Å². The Morgan fingerprint density at radius 3 is 2.86 bits per heavy atom. The van der Waals surface area contributed by atoms with Crippen LogP contribution in [0, 0.1) is 11.8 Å². The molecule has 3 atom stereocenters. The molecule has 0 unspecified atom stereocenters. The molecule has 2 saturated carbocycles. The third-order valence-electron chi connectivity index (χ3n) is 6.52. The largest absolute Gasteiger partial charge is 0.352 e. The van der Waals surface area contributed by atoms with Gasteiger partial charge in [-0.2, -0.15) is 0 Å². The van der Waals surface area contributed by atoms with Crippen molar-refractivity contribution in [2.45, 2.75) is 57.5 Å². The van der Waals surface area contributed by atoms with E-state index >= 15 is 0 Å². The van der Waals surface area contributed by atoms with E-state index in [2.05, 4.69) is 10.3 Å². The Balaban J connectivity index is 1.34. The molecular weight excluding hydrogens is 368 g/mol. The van der Waals surface area contributed by atoms with E-state index in [1.807, 2.05) is 39.7 Å². The smallest absolute Gasteiger partial charge is 0.240 e. The highest BCUT2D eigenvalue weighted by Crippen LogP contribution is 2.40. The summed E-state index contributed by atoms with van der Waals surface area (Å²) in [7, 11) is 0. The van der Waals surface area contributed by atoms with Gasteiger partial charge in [-0.05, 0) is 43.2 Å². The number of benzene rings is 1. The van der Waals surface area contributed by atoms with E-state index in [0.29, 0.717) is 6.04 Å². The van der Waals surface area contributed by atoms with Crippen molar-refractivity contribution in [1.82, 2.24) is 19.9 Å². The molecule has 0 aliphatic heterocycles. The van der Waals surface area contributed by atoms with E-state index in [0.717, 1.165) is 47.2 Å².